The summed E-state index contributed by atoms with van der Waals surface area (Å²) in [4.78, 5) is 21.2. The van der Waals surface area contributed by atoms with Crippen LogP contribution in [0.4, 0.5) is 17.3 Å². The summed E-state index contributed by atoms with van der Waals surface area (Å²) in [5.74, 6) is 1.24. The third-order valence-corrected chi connectivity index (χ3v) is 3.82. The zero-order chi connectivity index (χ0) is 20.6. The van der Waals surface area contributed by atoms with Crippen LogP contribution in [0.15, 0.2) is 60.8 Å². The van der Waals surface area contributed by atoms with Crippen LogP contribution in [0, 0.1) is 0 Å². The Hall–Kier alpha value is -3.61. The van der Waals surface area contributed by atoms with Gasteiger partial charge in [0.2, 0.25) is 5.95 Å². The topological polar surface area (TPSA) is 85.4 Å². The van der Waals surface area contributed by atoms with E-state index in [4.69, 9.17) is 9.47 Å². The molecule has 1 aromatic heterocycles. The number of nitrogens with one attached hydrogen (secondary N) is 2. The number of hydrogen-bond acceptors (Lipinski definition) is 6. The van der Waals surface area contributed by atoms with Crippen LogP contribution >= 0.6 is 0 Å². The fraction of sp³-hybridized carbons (Fsp3) is 0.227. The second-order valence-corrected chi connectivity index (χ2v) is 6.44. The molecule has 0 aliphatic rings. The van der Waals surface area contributed by atoms with Crippen molar-refractivity contribution in [3.63, 3.8) is 0 Å². The first-order valence-electron chi connectivity index (χ1n) is 9.45. The first kappa shape index (κ1) is 20.1. The Kier molecular flexibility index (Phi) is 6.63. The minimum absolute atomic E-state index is 0.00619. The zero-order valence-electron chi connectivity index (χ0n) is 16.7. The van der Waals surface area contributed by atoms with Crippen molar-refractivity contribution in [3.8, 4) is 11.5 Å². The summed E-state index contributed by atoms with van der Waals surface area (Å²) in [6.07, 6.45) is 1.53. The number of anilines is 3. The SMILES string of the molecule is CCOc1ccccc1Nc1nccc(C(=O)Nc2ccccc2OC(C)C)n1. The predicted octanol–water partition coefficient (Wildman–Crippen LogP) is 4.66. The minimum atomic E-state index is -0.353. The molecule has 150 valence electrons. The number of ether oxygens (including phenoxy) is 2. The van der Waals surface area contributed by atoms with Gasteiger partial charge in [0.25, 0.3) is 5.91 Å². The highest BCUT2D eigenvalue weighted by Crippen LogP contribution is 2.27. The first-order valence-corrected chi connectivity index (χ1v) is 9.45. The molecule has 7 nitrogen and oxygen atoms in total. The molecule has 29 heavy (non-hydrogen) atoms. The van der Waals surface area contributed by atoms with Crippen molar-refractivity contribution in [2.24, 2.45) is 0 Å². The Morgan fingerprint density at radius 1 is 1.00 bits per heavy atom. The lowest BCUT2D eigenvalue weighted by atomic mass is 10.2. The number of para-hydroxylation sites is 4. The molecule has 7 heteroatoms. The lowest BCUT2D eigenvalue weighted by Gasteiger charge is -2.15. The number of rotatable bonds is 8. The van der Waals surface area contributed by atoms with E-state index in [2.05, 4.69) is 20.6 Å². The van der Waals surface area contributed by atoms with E-state index in [1.54, 1.807) is 12.1 Å². The van der Waals surface area contributed by atoms with Gasteiger partial charge in [-0.3, -0.25) is 4.79 Å². The van der Waals surface area contributed by atoms with E-state index in [0.717, 1.165) is 5.69 Å². The summed E-state index contributed by atoms with van der Waals surface area (Å²) >= 11 is 0. The summed E-state index contributed by atoms with van der Waals surface area (Å²) in [6, 6.07) is 16.3. The molecule has 0 aliphatic heterocycles. The van der Waals surface area contributed by atoms with Gasteiger partial charge in [0, 0.05) is 6.20 Å². The van der Waals surface area contributed by atoms with Crippen LogP contribution in [0.2, 0.25) is 0 Å². The standard InChI is InChI=1S/C22H24N4O3/c1-4-28-19-11-7-5-9-16(19)25-22-23-14-13-18(26-22)21(27)24-17-10-6-8-12-20(17)29-15(2)3/h5-15H,4H2,1-3H3,(H,24,27)(H,23,25,26). The molecule has 0 saturated heterocycles. The monoisotopic (exact) mass is 392 g/mol. The molecule has 0 spiro atoms. The van der Waals surface area contributed by atoms with E-state index in [0.29, 0.717) is 29.7 Å². The molecule has 0 saturated carbocycles. The second kappa shape index (κ2) is 9.54. The van der Waals surface area contributed by atoms with Gasteiger partial charge in [-0.2, -0.15) is 0 Å². The third-order valence-electron chi connectivity index (χ3n) is 3.82. The number of aromatic nitrogens is 2. The van der Waals surface area contributed by atoms with Gasteiger partial charge in [0.05, 0.1) is 24.1 Å². The molecule has 0 fully saturated rings. The van der Waals surface area contributed by atoms with E-state index in [1.165, 1.54) is 6.20 Å². The minimum Gasteiger partial charge on any atom is -0.492 e. The van der Waals surface area contributed by atoms with Crippen molar-refractivity contribution in [1.29, 1.82) is 0 Å². The summed E-state index contributed by atoms with van der Waals surface area (Å²) in [5.41, 5.74) is 1.54. The third kappa shape index (κ3) is 5.44. The van der Waals surface area contributed by atoms with Crippen LogP contribution in [-0.2, 0) is 0 Å². The van der Waals surface area contributed by atoms with Crippen molar-refractivity contribution >= 4 is 23.2 Å². The normalized spacial score (nSPS) is 10.5. The molecule has 0 atom stereocenters. The lowest BCUT2D eigenvalue weighted by molar-refractivity contribution is 0.102. The molecule has 3 rings (SSSR count). The van der Waals surface area contributed by atoms with Crippen molar-refractivity contribution in [2.45, 2.75) is 26.9 Å². The van der Waals surface area contributed by atoms with E-state index in [-0.39, 0.29) is 17.7 Å². The quantitative estimate of drug-likeness (QED) is 0.580. The molecule has 3 aromatic rings. The summed E-state index contributed by atoms with van der Waals surface area (Å²) in [5, 5.41) is 5.95. The van der Waals surface area contributed by atoms with Crippen LogP contribution in [0.25, 0.3) is 0 Å². The van der Waals surface area contributed by atoms with E-state index < -0.39 is 0 Å². The van der Waals surface area contributed by atoms with Gasteiger partial charge >= 0.3 is 0 Å². The number of carbonyl (C=O) groups is 1. The van der Waals surface area contributed by atoms with Gasteiger partial charge in [-0.05, 0) is 51.1 Å². The highest BCUT2D eigenvalue weighted by molar-refractivity contribution is 6.03. The molecule has 2 aromatic carbocycles. The van der Waals surface area contributed by atoms with Gasteiger partial charge in [0.15, 0.2) is 0 Å². The predicted molar refractivity (Wildman–Crippen MR) is 113 cm³/mol. The first-order chi connectivity index (χ1) is 14.1. The number of hydrogen-bond donors (Lipinski definition) is 2. The van der Waals surface area contributed by atoms with Crippen molar-refractivity contribution < 1.29 is 14.3 Å². The van der Waals surface area contributed by atoms with Gasteiger partial charge in [-0.15, -0.1) is 0 Å². The van der Waals surface area contributed by atoms with E-state index in [1.807, 2.05) is 63.2 Å². The Morgan fingerprint density at radius 2 is 1.69 bits per heavy atom. The maximum atomic E-state index is 12.7. The number of benzene rings is 2. The molecule has 0 unspecified atom stereocenters. The maximum absolute atomic E-state index is 12.7. The molecule has 0 bridgehead atoms. The van der Waals surface area contributed by atoms with Crippen LogP contribution in [-0.4, -0.2) is 28.6 Å². The van der Waals surface area contributed by atoms with Crippen molar-refractivity contribution in [1.82, 2.24) is 9.97 Å². The molecular weight excluding hydrogens is 368 g/mol. The smallest absolute Gasteiger partial charge is 0.274 e. The van der Waals surface area contributed by atoms with Gasteiger partial charge in [-0.1, -0.05) is 24.3 Å². The van der Waals surface area contributed by atoms with E-state index in [9.17, 15) is 4.79 Å². The molecular formula is C22H24N4O3. The fourth-order valence-corrected chi connectivity index (χ4v) is 2.63. The lowest BCUT2D eigenvalue weighted by Crippen LogP contribution is -2.16. The molecule has 0 radical (unpaired) electrons. The number of carbonyl (C=O) groups excluding carboxylic acids is 1. The average molecular weight is 392 g/mol. The second-order valence-electron chi connectivity index (χ2n) is 6.44. The molecule has 0 aliphatic carbocycles. The van der Waals surface area contributed by atoms with E-state index >= 15 is 0 Å². The van der Waals surface area contributed by atoms with Crippen LogP contribution in [0.1, 0.15) is 31.3 Å². The zero-order valence-corrected chi connectivity index (χ0v) is 16.7. The van der Waals surface area contributed by atoms with Crippen molar-refractivity contribution in [2.75, 3.05) is 17.2 Å². The number of amides is 1. The summed E-state index contributed by atoms with van der Waals surface area (Å²) in [6.45, 7) is 6.32. The van der Waals surface area contributed by atoms with Gasteiger partial charge in [-0.25, -0.2) is 9.97 Å². The molecule has 1 heterocycles. The highest BCUT2D eigenvalue weighted by Gasteiger charge is 2.13. The Morgan fingerprint density at radius 3 is 2.41 bits per heavy atom. The van der Waals surface area contributed by atoms with Gasteiger partial charge in [0.1, 0.15) is 17.2 Å². The average Bonchev–Trinajstić information content (AvgIpc) is 2.71. The van der Waals surface area contributed by atoms with Crippen LogP contribution < -0.4 is 20.1 Å². The molecule has 2 N–H and O–H groups in total. The maximum Gasteiger partial charge on any atom is 0.274 e. The fourth-order valence-electron chi connectivity index (χ4n) is 2.63. The Bertz CT molecular complexity index is 976. The molecule has 1 amide bonds. The largest absolute Gasteiger partial charge is 0.492 e. The number of nitrogens with zero attached hydrogens (tertiary/aromatic N) is 2. The van der Waals surface area contributed by atoms with Gasteiger partial charge < -0.3 is 20.1 Å². The Labute approximate surface area is 170 Å². The van der Waals surface area contributed by atoms with Crippen LogP contribution in [0.5, 0.6) is 11.5 Å². The van der Waals surface area contributed by atoms with Crippen molar-refractivity contribution in [3.05, 3.63) is 66.5 Å². The highest BCUT2D eigenvalue weighted by atomic mass is 16.5. The summed E-state index contributed by atoms with van der Waals surface area (Å²) < 4.78 is 11.3. The Balaban J connectivity index is 1.77. The van der Waals surface area contributed by atoms with Crippen LogP contribution in [0.3, 0.4) is 0 Å². The summed E-state index contributed by atoms with van der Waals surface area (Å²) in [7, 11) is 0.